The van der Waals surface area contributed by atoms with E-state index in [1.807, 2.05) is 0 Å². The second-order valence-electron chi connectivity index (χ2n) is 2.24. The smallest absolute Gasteiger partial charge is 0.258 e. The van der Waals surface area contributed by atoms with Gasteiger partial charge in [-0.25, -0.2) is 0 Å². The van der Waals surface area contributed by atoms with Crippen LogP contribution in [0.25, 0.3) is 0 Å². The highest BCUT2D eigenvalue weighted by Gasteiger charge is 2.16. The lowest BCUT2D eigenvalue weighted by Crippen LogP contribution is -2.03. The van der Waals surface area contributed by atoms with E-state index in [0.717, 1.165) is 6.20 Å². The van der Waals surface area contributed by atoms with Crippen LogP contribution in [0, 0.1) is 10.1 Å². The Balaban J connectivity index is 3.19. The van der Waals surface area contributed by atoms with Crippen molar-refractivity contribution in [1.82, 2.24) is 0 Å². The zero-order valence-electron chi connectivity index (χ0n) is 6.68. The molecule has 1 rings (SSSR count). The van der Waals surface area contributed by atoms with Gasteiger partial charge in [0.15, 0.2) is 5.69 Å². The largest absolute Gasteiger partial charge is 0.295 e. The molecule has 0 aliphatic heterocycles. The average Bonchev–Trinajstić information content (AvgIpc) is 2.16. The predicted molar refractivity (Wildman–Crippen MR) is 46.9 cm³/mol. The number of rotatable bonds is 3. The highest BCUT2D eigenvalue weighted by molar-refractivity contribution is 5.62. The molecule has 0 aliphatic carbocycles. The molecule has 0 radical (unpaired) electrons. The summed E-state index contributed by atoms with van der Waals surface area (Å²) in [4.78, 5) is 9.77. The fourth-order valence-corrected chi connectivity index (χ4v) is 0.898. The Bertz CT molecular complexity index is 341. The summed E-state index contributed by atoms with van der Waals surface area (Å²) in [7, 11) is 0. The molecule has 0 saturated carbocycles. The first kappa shape index (κ1) is 9.18. The molecule has 0 unspecified atom stereocenters. The summed E-state index contributed by atoms with van der Waals surface area (Å²) in [5.74, 6) is 0. The van der Waals surface area contributed by atoms with Gasteiger partial charge >= 0.3 is 0 Å². The van der Waals surface area contributed by atoms with Crippen molar-refractivity contribution in [3.63, 3.8) is 0 Å². The molecule has 0 spiro atoms. The van der Waals surface area contributed by atoms with E-state index in [1.165, 1.54) is 24.3 Å². The van der Waals surface area contributed by atoms with E-state index in [-0.39, 0.29) is 16.5 Å². The molecule has 0 fully saturated rings. The van der Waals surface area contributed by atoms with Gasteiger partial charge in [-0.15, -0.1) is 0 Å². The van der Waals surface area contributed by atoms with Gasteiger partial charge in [0.05, 0.1) is 4.92 Å². The van der Waals surface area contributed by atoms with E-state index in [2.05, 4.69) is 6.58 Å². The van der Waals surface area contributed by atoms with Crippen molar-refractivity contribution in [3.8, 4) is 0 Å². The van der Waals surface area contributed by atoms with Gasteiger partial charge in [-0.1, -0.05) is 23.2 Å². The van der Waals surface area contributed by atoms with Gasteiger partial charge in [-0.3, -0.25) is 10.1 Å². The summed E-state index contributed by atoms with van der Waals surface area (Å²) in [6.45, 7) is 3.17. The van der Waals surface area contributed by atoms with Crippen LogP contribution in [0.5, 0.6) is 0 Å². The van der Waals surface area contributed by atoms with Gasteiger partial charge in [0, 0.05) is 12.3 Å². The molecule has 0 N–H and O–H groups in total. The van der Waals surface area contributed by atoms with E-state index in [1.54, 1.807) is 0 Å². The third-order valence-corrected chi connectivity index (χ3v) is 1.47. The highest BCUT2D eigenvalue weighted by atomic mass is 19.2. The second-order valence-corrected chi connectivity index (χ2v) is 2.24. The Morgan fingerprint density at radius 3 is 2.69 bits per heavy atom. The molecular weight excluding hydrogens is 175 g/mol. The Morgan fingerprint density at radius 2 is 2.15 bits per heavy atom. The van der Waals surface area contributed by atoms with Crippen molar-refractivity contribution in [2.75, 3.05) is 5.12 Å². The third-order valence-electron chi connectivity index (χ3n) is 1.47. The fourth-order valence-electron chi connectivity index (χ4n) is 0.898. The molecule has 0 aromatic heterocycles. The average molecular weight is 182 g/mol. The van der Waals surface area contributed by atoms with Crippen LogP contribution in [-0.4, -0.2) is 4.92 Å². The summed E-state index contributed by atoms with van der Waals surface area (Å²) < 4.78 is 12.9. The van der Waals surface area contributed by atoms with E-state index < -0.39 is 4.92 Å². The lowest BCUT2D eigenvalue weighted by Gasteiger charge is -2.07. The van der Waals surface area contributed by atoms with Crippen molar-refractivity contribution in [1.29, 1.82) is 0 Å². The van der Waals surface area contributed by atoms with Crippen LogP contribution in [0.4, 0.5) is 15.9 Å². The van der Waals surface area contributed by atoms with Gasteiger partial charge in [0.1, 0.15) is 0 Å². The molecule has 4 nitrogen and oxygen atoms in total. The summed E-state index contributed by atoms with van der Waals surface area (Å²) in [6, 6.07) is 5.52. The molecule has 68 valence electrons. The molecule has 0 aliphatic rings. The van der Waals surface area contributed by atoms with Gasteiger partial charge in [0.25, 0.3) is 5.69 Å². The number of hydrogen-bond donors (Lipinski definition) is 0. The Kier molecular flexibility index (Phi) is 2.59. The standard InChI is InChI=1S/C8H7FN2O2/c1-2-10(9)7-5-3-4-6-8(7)11(12)13/h2-6H,1H2. The van der Waals surface area contributed by atoms with Crippen LogP contribution >= 0.6 is 0 Å². The molecular formula is C8H7FN2O2. The predicted octanol–water partition coefficient (Wildman–Crippen LogP) is 2.43. The highest BCUT2D eigenvalue weighted by Crippen LogP contribution is 2.27. The number of hydrogen-bond acceptors (Lipinski definition) is 3. The first-order valence-electron chi connectivity index (χ1n) is 3.48. The van der Waals surface area contributed by atoms with Gasteiger partial charge < -0.3 is 0 Å². The fraction of sp³-hybridized carbons (Fsp3) is 0. The van der Waals surface area contributed by atoms with E-state index in [4.69, 9.17) is 0 Å². The van der Waals surface area contributed by atoms with Gasteiger partial charge in [-0.2, -0.15) is 5.12 Å². The maximum absolute atomic E-state index is 12.9. The van der Waals surface area contributed by atoms with Gasteiger partial charge in [-0.05, 0) is 6.07 Å². The van der Waals surface area contributed by atoms with Crippen LogP contribution in [0.3, 0.4) is 0 Å². The van der Waals surface area contributed by atoms with Crippen LogP contribution in [0.1, 0.15) is 0 Å². The lowest BCUT2D eigenvalue weighted by molar-refractivity contribution is -0.384. The summed E-state index contributed by atoms with van der Waals surface area (Å²) >= 11 is 0. The van der Waals surface area contributed by atoms with E-state index >= 15 is 0 Å². The molecule has 1 aromatic rings. The molecule has 0 amide bonds. The number of benzene rings is 1. The number of anilines is 1. The Labute approximate surface area is 74.0 Å². The minimum atomic E-state index is -0.647. The minimum absolute atomic E-state index is 0.109. The number of halogens is 1. The maximum atomic E-state index is 12.9. The third kappa shape index (κ3) is 1.81. The van der Waals surface area contributed by atoms with E-state index in [0.29, 0.717) is 0 Å². The molecule has 13 heavy (non-hydrogen) atoms. The normalized spacial score (nSPS) is 9.31. The van der Waals surface area contributed by atoms with E-state index in [9.17, 15) is 14.6 Å². The van der Waals surface area contributed by atoms with Crippen molar-refractivity contribution >= 4 is 11.4 Å². The molecule has 0 saturated heterocycles. The zero-order chi connectivity index (χ0) is 9.84. The summed E-state index contributed by atoms with van der Waals surface area (Å²) in [5.41, 5.74) is -0.410. The molecule has 1 aromatic carbocycles. The summed E-state index contributed by atoms with van der Waals surface area (Å²) in [6.07, 6.45) is 0.863. The van der Waals surface area contributed by atoms with Crippen molar-refractivity contribution in [3.05, 3.63) is 47.2 Å². The van der Waals surface area contributed by atoms with Crippen molar-refractivity contribution in [2.45, 2.75) is 0 Å². The lowest BCUT2D eigenvalue weighted by atomic mass is 10.3. The molecule has 0 atom stereocenters. The zero-order valence-corrected chi connectivity index (χ0v) is 6.68. The van der Waals surface area contributed by atoms with Crippen LogP contribution in [0.15, 0.2) is 37.0 Å². The minimum Gasteiger partial charge on any atom is -0.258 e. The molecule has 0 bridgehead atoms. The van der Waals surface area contributed by atoms with Crippen molar-refractivity contribution < 1.29 is 9.40 Å². The quantitative estimate of drug-likeness (QED) is 0.409. The van der Waals surface area contributed by atoms with Gasteiger partial charge in [0.2, 0.25) is 0 Å². The maximum Gasteiger partial charge on any atom is 0.295 e. The Hall–Kier alpha value is -1.91. The number of para-hydroxylation sites is 2. The van der Waals surface area contributed by atoms with Crippen LogP contribution in [0.2, 0.25) is 0 Å². The first-order chi connectivity index (χ1) is 6.16. The molecule has 5 heteroatoms. The van der Waals surface area contributed by atoms with Crippen LogP contribution < -0.4 is 5.12 Å². The monoisotopic (exact) mass is 182 g/mol. The second kappa shape index (κ2) is 3.66. The SMILES string of the molecule is C=CN(F)c1ccccc1[N+](=O)[O-]. The van der Waals surface area contributed by atoms with Crippen LogP contribution in [-0.2, 0) is 0 Å². The number of nitrogens with zero attached hydrogens (tertiary/aromatic N) is 2. The summed E-state index contributed by atoms with van der Waals surface area (Å²) in [5, 5.41) is 10.5. The van der Waals surface area contributed by atoms with Crippen molar-refractivity contribution in [2.24, 2.45) is 0 Å². The topological polar surface area (TPSA) is 46.4 Å². The molecule has 0 heterocycles. The number of nitro benzene ring substituents is 1. The first-order valence-corrected chi connectivity index (χ1v) is 3.48. The Morgan fingerprint density at radius 1 is 1.54 bits per heavy atom. The number of nitro groups is 1.